The molecule has 2 aromatic rings. The molecule has 0 saturated carbocycles. The van der Waals surface area contributed by atoms with E-state index < -0.39 is 9.84 Å². The van der Waals surface area contributed by atoms with Crippen LogP contribution in [0.2, 0.25) is 0 Å². The third-order valence-electron chi connectivity index (χ3n) is 4.05. The summed E-state index contributed by atoms with van der Waals surface area (Å²) in [6.45, 7) is 1.25. The molecule has 1 aliphatic rings. The predicted molar refractivity (Wildman–Crippen MR) is 91.9 cm³/mol. The van der Waals surface area contributed by atoms with Gasteiger partial charge in [-0.05, 0) is 25.0 Å². The molecular weight excluding hydrogens is 358 g/mol. The molecule has 1 N–H and O–H groups in total. The Morgan fingerprint density at radius 2 is 2.08 bits per heavy atom. The van der Waals surface area contributed by atoms with Crippen LogP contribution in [-0.2, 0) is 31.5 Å². The van der Waals surface area contributed by atoms with Gasteiger partial charge in [0.15, 0.2) is 15.7 Å². The standard InChI is InChI=1S/C17H21N3O5S/c21-16(18-11-13-5-4-10-24-13)8-9-17-19-15(20-25-17)12-26(22,23)14-6-2-1-3-7-14/h1-3,6-7,13H,4-5,8-12H2,(H,18,21)/t13-/m1/s1. The molecule has 140 valence electrons. The highest BCUT2D eigenvalue weighted by Gasteiger charge is 2.20. The van der Waals surface area contributed by atoms with Crippen molar-refractivity contribution in [1.29, 1.82) is 0 Å². The lowest BCUT2D eigenvalue weighted by atomic mass is 10.2. The largest absolute Gasteiger partial charge is 0.376 e. The van der Waals surface area contributed by atoms with Crippen molar-refractivity contribution < 1.29 is 22.5 Å². The number of sulfone groups is 1. The first-order valence-corrected chi connectivity index (χ1v) is 10.2. The SMILES string of the molecule is O=C(CCc1nc(CS(=O)(=O)c2ccccc2)no1)NC[C@H]1CCCO1. The Morgan fingerprint density at radius 1 is 1.27 bits per heavy atom. The molecule has 1 atom stereocenters. The molecule has 0 unspecified atom stereocenters. The van der Waals surface area contributed by atoms with E-state index in [4.69, 9.17) is 9.26 Å². The molecule has 8 nitrogen and oxygen atoms in total. The second-order valence-corrected chi connectivity index (χ2v) is 8.11. The maximum atomic E-state index is 12.3. The van der Waals surface area contributed by atoms with Gasteiger partial charge >= 0.3 is 0 Å². The molecule has 26 heavy (non-hydrogen) atoms. The van der Waals surface area contributed by atoms with E-state index in [0.29, 0.717) is 6.54 Å². The minimum atomic E-state index is -3.53. The Kier molecular flexibility index (Phi) is 6.00. The van der Waals surface area contributed by atoms with Crippen LogP contribution in [0.5, 0.6) is 0 Å². The maximum Gasteiger partial charge on any atom is 0.227 e. The lowest BCUT2D eigenvalue weighted by Gasteiger charge is -2.09. The van der Waals surface area contributed by atoms with Gasteiger partial charge in [0.05, 0.1) is 11.0 Å². The lowest BCUT2D eigenvalue weighted by molar-refractivity contribution is -0.121. The highest BCUT2D eigenvalue weighted by molar-refractivity contribution is 7.90. The molecule has 1 aromatic carbocycles. The number of nitrogens with one attached hydrogen (secondary N) is 1. The van der Waals surface area contributed by atoms with E-state index in [1.807, 2.05) is 0 Å². The van der Waals surface area contributed by atoms with E-state index in [1.165, 1.54) is 12.1 Å². The van der Waals surface area contributed by atoms with Crippen LogP contribution < -0.4 is 5.32 Å². The lowest BCUT2D eigenvalue weighted by Crippen LogP contribution is -2.31. The Hall–Kier alpha value is -2.26. The third-order valence-corrected chi connectivity index (χ3v) is 5.68. The molecule has 1 amide bonds. The summed E-state index contributed by atoms with van der Waals surface area (Å²) in [5.74, 6) is -0.137. The highest BCUT2D eigenvalue weighted by Crippen LogP contribution is 2.15. The molecular formula is C17H21N3O5S. The van der Waals surface area contributed by atoms with Crippen molar-refractivity contribution in [2.45, 2.75) is 42.4 Å². The monoisotopic (exact) mass is 379 g/mol. The van der Waals surface area contributed by atoms with Crippen LogP contribution in [0.4, 0.5) is 0 Å². The summed E-state index contributed by atoms with van der Waals surface area (Å²) in [6.07, 6.45) is 2.53. The zero-order valence-corrected chi connectivity index (χ0v) is 15.1. The average Bonchev–Trinajstić information content (AvgIpc) is 3.30. The van der Waals surface area contributed by atoms with Gasteiger partial charge in [0, 0.05) is 26.0 Å². The number of aromatic nitrogens is 2. The van der Waals surface area contributed by atoms with Crippen LogP contribution in [0.15, 0.2) is 39.8 Å². The zero-order chi connectivity index (χ0) is 18.4. The normalized spacial score (nSPS) is 17.3. The van der Waals surface area contributed by atoms with Crippen LogP contribution in [0, 0.1) is 0 Å². The summed E-state index contributed by atoms with van der Waals surface area (Å²) >= 11 is 0. The van der Waals surface area contributed by atoms with Gasteiger partial charge in [-0.2, -0.15) is 4.98 Å². The van der Waals surface area contributed by atoms with Crippen molar-refractivity contribution in [2.75, 3.05) is 13.2 Å². The third kappa shape index (κ3) is 5.12. The van der Waals surface area contributed by atoms with Gasteiger partial charge in [-0.3, -0.25) is 4.79 Å². The van der Waals surface area contributed by atoms with Crippen LogP contribution in [0.1, 0.15) is 31.0 Å². The van der Waals surface area contributed by atoms with Gasteiger partial charge in [-0.1, -0.05) is 23.4 Å². The summed E-state index contributed by atoms with van der Waals surface area (Å²) in [5.41, 5.74) is 0. The first-order chi connectivity index (χ1) is 12.5. The van der Waals surface area contributed by atoms with Crippen LogP contribution in [0.25, 0.3) is 0 Å². The van der Waals surface area contributed by atoms with Gasteiger partial charge in [0.25, 0.3) is 0 Å². The summed E-state index contributed by atoms with van der Waals surface area (Å²) in [7, 11) is -3.53. The van der Waals surface area contributed by atoms with Crippen molar-refractivity contribution >= 4 is 15.7 Å². The number of nitrogens with zero attached hydrogens (tertiary/aromatic N) is 2. The molecule has 1 aromatic heterocycles. The minimum absolute atomic E-state index is 0.0867. The predicted octanol–water partition coefficient (Wildman–Crippen LogP) is 1.27. The number of hydrogen-bond donors (Lipinski definition) is 1. The molecule has 1 aliphatic heterocycles. The molecule has 0 spiro atoms. The van der Waals surface area contributed by atoms with E-state index in [1.54, 1.807) is 18.2 Å². The molecule has 0 radical (unpaired) electrons. The molecule has 2 heterocycles. The topological polar surface area (TPSA) is 111 Å². The summed E-state index contributed by atoms with van der Waals surface area (Å²) < 4.78 is 35.1. The summed E-state index contributed by atoms with van der Waals surface area (Å²) in [6, 6.07) is 8.10. The fourth-order valence-corrected chi connectivity index (χ4v) is 3.87. The molecule has 0 bridgehead atoms. The van der Waals surface area contributed by atoms with Crippen molar-refractivity contribution in [3.63, 3.8) is 0 Å². The van der Waals surface area contributed by atoms with Crippen LogP contribution in [0.3, 0.4) is 0 Å². The number of rotatable bonds is 8. The minimum Gasteiger partial charge on any atom is -0.376 e. The fourth-order valence-electron chi connectivity index (χ4n) is 2.67. The quantitative estimate of drug-likeness (QED) is 0.735. The van der Waals surface area contributed by atoms with Crippen LogP contribution in [-0.4, -0.2) is 43.7 Å². The molecule has 1 fully saturated rings. The zero-order valence-electron chi connectivity index (χ0n) is 14.3. The van der Waals surface area contributed by atoms with Crippen molar-refractivity contribution in [2.24, 2.45) is 0 Å². The Morgan fingerprint density at radius 3 is 2.81 bits per heavy atom. The Labute approximate surface area is 151 Å². The smallest absolute Gasteiger partial charge is 0.227 e. The highest BCUT2D eigenvalue weighted by atomic mass is 32.2. The number of carbonyl (C=O) groups is 1. The van der Waals surface area contributed by atoms with Crippen molar-refractivity contribution in [3.05, 3.63) is 42.0 Å². The number of carbonyl (C=O) groups excluding carboxylic acids is 1. The Balaban J connectivity index is 1.47. The van der Waals surface area contributed by atoms with E-state index >= 15 is 0 Å². The molecule has 3 rings (SSSR count). The van der Waals surface area contributed by atoms with E-state index in [9.17, 15) is 13.2 Å². The van der Waals surface area contributed by atoms with E-state index in [-0.39, 0.29) is 47.2 Å². The van der Waals surface area contributed by atoms with Gasteiger partial charge < -0.3 is 14.6 Å². The van der Waals surface area contributed by atoms with Gasteiger partial charge in [-0.25, -0.2) is 8.42 Å². The van der Waals surface area contributed by atoms with Crippen LogP contribution >= 0.6 is 0 Å². The first-order valence-electron chi connectivity index (χ1n) is 8.50. The van der Waals surface area contributed by atoms with E-state index in [2.05, 4.69) is 15.5 Å². The first kappa shape index (κ1) is 18.5. The Bertz CT molecular complexity index is 829. The molecule has 1 saturated heterocycles. The number of aryl methyl sites for hydroxylation is 1. The van der Waals surface area contributed by atoms with Crippen molar-refractivity contribution in [3.8, 4) is 0 Å². The van der Waals surface area contributed by atoms with Gasteiger partial charge in [-0.15, -0.1) is 0 Å². The number of ether oxygens (including phenoxy) is 1. The molecule has 0 aliphatic carbocycles. The van der Waals surface area contributed by atoms with Gasteiger partial charge in [0.1, 0.15) is 5.75 Å². The van der Waals surface area contributed by atoms with Crippen molar-refractivity contribution in [1.82, 2.24) is 15.5 Å². The number of hydrogen-bond acceptors (Lipinski definition) is 7. The summed E-state index contributed by atoms with van der Waals surface area (Å²) in [4.78, 5) is 16.1. The molecule has 9 heteroatoms. The fraction of sp³-hybridized carbons (Fsp3) is 0.471. The second-order valence-electron chi connectivity index (χ2n) is 6.12. The average molecular weight is 379 g/mol. The van der Waals surface area contributed by atoms with E-state index in [0.717, 1.165) is 19.4 Å². The summed E-state index contributed by atoms with van der Waals surface area (Å²) in [5, 5.41) is 6.51. The number of benzene rings is 1. The maximum absolute atomic E-state index is 12.3. The second kappa shape index (κ2) is 8.41. The van der Waals surface area contributed by atoms with Gasteiger partial charge in [0.2, 0.25) is 11.8 Å². The number of amides is 1.